The summed E-state index contributed by atoms with van der Waals surface area (Å²) >= 11 is 0. The van der Waals surface area contributed by atoms with Gasteiger partial charge >= 0.3 is 0 Å². The average molecular weight is 524 g/mol. The Bertz CT molecular complexity index is 1540. The molecule has 0 radical (unpaired) electrons. The fraction of sp³-hybridized carbons (Fsp3) is 0.346. The minimum Gasteiger partial charge on any atom is -0.443 e. The van der Waals surface area contributed by atoms with E-state index in [1.54, 1.807) is 31.6 Å². The number of aromatic nitrogens is 4. The van der Waals surface area contributed by atoms with Gasteiger partial charge in [0.05, 0.1) is 17.8 Å². The van der Waals surface area contributed by atoms with Gasteiger partial charge in [0.2, 0.25) is 5.09 Å². The Morgan fingerprint density at radius 3 is 2.62 bits per heavy atom. The maximum atomic E-state index is 14.8. The van der Waals surface area contributed by atoms with Gasteiger partial charge in [-0.1, -0.05) is 0 Å². The molecule has 4 aromatic heterocycles. The van der Waals surface area contributed by atoms with Crippen LogP contribution in [-0.4, -0.2) is 56.7 Å². The van der Waals surface area contributed by atoms with Crippen LogP contribution in [0.15, 0.2) is 58.7 Å². The highest BCUT2D eigenvalue weighted by molar-refractivity contribution is 7.89. The van der Waals surface area contributed by atoms with Crippen LogP contribution in [0.25, 0.3) is 22.2 Å². The molecule has 0 aromatic carbocycles. The molecular weight excluding hydrogens is 497 g/mol. The zero-order valence-electron chi connectivity index (χ0n) is 20.6. The van der Waals surface area contributed by atoms with Crippen molar-refractivity contribution in [3.8, 4) is 11.3 Å². The van der Waals surface area contributed by atoms with Crippen molar-refractivity contribution in [1.82, 2.24) is 24.2 Å². The molecule has 37 heavy (non-hydrogen) atoms. The van der Waals surface area contributed by atoms with E-state index in [0.717, 1.165) is 21.0 Å². The topological polar surface area (TPSA) is 119 Å². The molecule has 0 bridgehead atoms. The monoisotopic (exact) mass is 523 g/mol. The van der Waals surface area contributed by atoms with E-state index in [-0.39, 0.29) is 23.7 Å². The molecular formula is C26H26FN5O4S. The molecule has 1 aliphatic rings. The van der Waals surface area contributed by atoms with Gasteiger partial charge in [-0.3, -0.25) is 14.8 Å². The van der Waals surface area contributed by atoms with E-state index in [2.05, 4.69) is 19.9 Å². The van der Waals surface area contributed by atoms with Gasteiger partial charge in [0, 0.05) is 60.8 Å². The largest absolute Gasteiger partial charge is 0.443 e. The summed E-state index contributed by atoms with van der Waals surface area (Å²) in [6.45, 7) is 5.16. The molecule has 1 fully saturated rings. The molecule has 0 unspecified atom stereocenters. The molecule has 4 aromatic rings. The van der Waals surface area contributed by atoms with Gasteiger partial charge < -0.3 is 4.42 Å². The second-order valence-corrected chi connectivity index (χ2v) is 11.1. The van der Waals surface area contributed by atoms with Crippen LogP contribution < -0.4 is 0 Å². The summed E-state index contributed by atoms with van der Waals surface area (Å²) in [7, 11) is -4.26. The summed E-state index contributed by atoms with van der Waals surface area (Å²) in [5, 5.41) is 0.180. The number of hydrogen-bond acceptors (Lipinski definition) is 8. The predicted octanol–water partition coefficient (Wildman–Crippen LogP) is 3.99. The summed E-state index contributed by atoms with van der Waals surface area (Å²) < 4.78 is 48.3. The van der Waals surface area contributed by atoms with E-state index < -0.39 is 28.3 Å². The highest BCUT2D eigenvalue weighted by Gasteiger charge is 2.49. The number of alkyl halides is 1. The second-order valence-electron chi connectivity index (χ2n) is 9.30. The number of halogens is 1. The fourth-order valence-corrected chi connectivity index (χ4v) is 6.44. The zero-order valence-corrected chi connectivity index (χ0v) is 21.4. The third kappa shape index (κ3) is 4.76. The third-order valence-corrected chi connectivity index (χ3v) is 8.66. The van der Waals surface area contributed by atoms with Crippen LogP contribution in [0.1, 0.15) is 36.7 Å². The minimum atomic E-state index is -4.26. The number of Topliss-reactive ketones (excluding diaryl/α,β-unsaturated/α-hetero) is 1. The molecule has 192 valence electrons. The first kappa shape index (κ1) is 25.1. The van der Waals surface area contributed by atoms with E-state index in [1.807, 2.05) is 13.0 Å². The van der Waals surface area contributed by atoms with E-state index in [0.29, 0.717) is 28.9 Å². The van der Waals surface area contributed by atoms with E-state index in [4.69, 9.17) is 4.42 Å². The minimum absolute atomic E-state index is 0.0505. The lowest BCUT2D eigenvalue weighted by Gasteiger charge is -2.25. The van der Waals surface area contributed by atoms with Crippen molar-refractivity contribution in [3.05, 3.63) is 66.1 Å². The van der Waals surface area contributed by atoms with Gasteiger partial charge in [0.25, 0.3) is 10.0 Å². The highest BCUT2D eigenvalue weighted by Crippen LogP contribution is 2.36. The third-order valence-electron chi connectivity index (χ3n) is 6.81. The summed E-state index contributed by atoms with van der Waals surface area (Å²) in [5.74, 6) is 0.308. The van der Waals surface area contributed by atoms with Crippen molar-refractivity contribution in [1.29, 1.82) is 0 Å². The molecule has 3 atom stereocenters. The zero-order chi connectivity index (χ0) is 26.3. The van der Waals surface area contributed by atoms with Crippen LogP contribution in [0.2, 0.25) is 0 Å². The maximum Gasteiger partial charge on any atom is 0.277 e. The Kier molecular flexibility index (Phi) is 6.59. The van der Waals surface area contributed by atoms with Crippen LogP contribution in [0.5, 0.6) is 0 Å². The number of ketones is 1. The number of pyridine rings is 2. The lowest BCUT2D eigenvalue weighted by Crippen LogP contribution is -2.44. The van der Waals surface area contributed by atoms with E-state index in [9.17, 15) is 17.6 Å². The predicted molar refractivity (Wildman–Crippen MR) is 134 cm³/mol. The first-order chi connectivity index (χ1) is 17.6. The van der Waals surface area contributed by atoms with Crippen molar-refractivity contribution >= 4 is 26.8 Å². The second kappa shape index (κ2) is 9.71. The Morgan fingerprint density at radius 2 is 1.89 bits per heavy atom. The van der Waals surface area contributed by atoms with Crippen LogP contribution in [0.4, 0.5) is 4.39 Å². The number of nitrogens with zero attached hydrogens (tertiary/aromatic N) is 5. The molecule has 9 nitrogen and oxygen atoms in total. The number of aryl methyl sites for hydroxylation is 3. The fourth-order valence-electron chi connectivity index (χ4n) is 4.65. The molecule has 0 aliphatic carbocycles. The van der Waals surface area contributed by atoms with Crippen LogP contribution >= 0.6 is 0 Å². The van der Waals surface area contributed by atoms with Gasteiger partial charge in [-0.25, -0.2) is 22.8 Å². The molecule has 11 heteroatoms. The van der Waals surface area contributed by atoms with Gasteiger partial charge in [-0.15, -0.1) is 0 Å². The molecule has 5 rings (SSSR count). The van der Waals surface area contributed by atoms with Crippen molar-refractivity contribution in [3.63, 3.8) is 0 Å². The van der Waals surface area contributed by atoms with Crippen molar-refractivity contribution < 1.29 is 22.0 Å². The number of carbonyl (C=O) groups excluding carboxylic acids is 1. The van der Waals surface area contributed by atoms with Gasteiger partial charge in [0.1, 0.15) is 17.6 Å². The lowest BCUT2D eigenvalue weighted by atomic mass is 9.99. The molecule has 0 saturated carbocycles. The quantitative estimate of drug-likeness (QED) is 0.357. The summed E-state index contributed by atoms with van der Waals surface area (Å²) in [6.07, 6.45) is 6.82. The van der Waals surface area contributed by atoms with Crippen LogP contribution in [-0.2, 0) is 21.2 Å². The molecule has 5 heterocycles. The lowest BCUT2D eigenvalue weighted by molar-refractivity contribution is -0.122. The number of fused-ring (bicyclic) bond motifs is 1. The normalized spacial score (nSPS) is 20.5. The number of carbonyl (C=O) groups is 1. The van der Waals surface area contributed by atoms with Gasteiger partial charge in [-0.2, -0.15) is 4.31 Å². The van der Waals surface area contributed by atoms with E-state index in [1.165, 1.54) is 25.4 Å². The number of rotatable bonds is 7. The van der Waals surface area contributed by atoms with Gasteiger partial charge in [-0.05, 0) is 50.5 Å². The average Bonchev–Trinajstić information content (AvgIpc) is 3.46. The van der Waals surface area contributed by atoms with Crippen molar-refractivity contribution in [2.24, 2.45) is 0 Å². The molecule has 0 amide bonds. The number of furan rings is 1. The molecule has 1 saturated heterocycles. The Balaban J connectivity index is 1.37. The van der Waals surface area contributed by atoms with Crippen molar-refractivity contribution in [2.45, 2.75) is 63.4 Å². The SMILES string of the molecule is Cc1ncc(-c2cc(CCC(=O)[C@@H]3C[C@@H](F)[C@H](C)N3S(=O)(=O)c3cc4cnccc4o3)c(C)cn2)cn1. The number of sulfonamides is 1. The Hall–Kier alpha value is -3.57. The smallest absolute Gasteiger partial charge is 0.277 e. The highest BCUT2D eigenvalue weighted by atomic mass is 32.2. The van der Waals surface area contributed by atoms with E-state index >= 15 is 0 Å². The Labute approximate surface area is 213 Å². The number of hydrogen-bond donors (Lipinski definition) is 0. The standard InChI is InChI=1S/C26H26FN5O4S/c1-15-11-31-22(20-13-29-17(3)30-14-20)8-18(15)4-5-24(33)23-10-21(27)16(2)32(23)37(34,35)26-9-19-12-28-7-6-25(19)36-26/h6-9,11-14,16,21,23H,4-5,10H2,1-3H3/t16-,21+,23-/m0/s1. The molecule has 1 aliphatic heterocycles. The first-order valence-corrected chi connectivity index (χ1v) is 13.4. The van der Waals surface area contributed by atoms with Crippen molar-refractivity contribution in [2.75, 3.05) is 0 Å². The summed E-state index contributed by atoms with van der Waals surface area (Å²) in [4.78, 5) is 30.1. The van der Waals surface area contributed by atoms with Crippen LogP contribution in [0.3, 0.4) is 0 Å². The molecule has 0 N–H and O–H groups in total. The van der Waals surface area contributed by atoms with Crippen LogP contribution in [0, 0.1) is 13.8 Å². The summed E-state index contributed by atoms with van der Waals surface area (Å²) in [6, 6.07) is 2.67. The maximum absolute atomic E-state index is 14.8. The first-order valence-electron chi connectivity index (χ1n) is 11.9. The van der Waals surface area contributed by atoms with Gasteiger partial charge in [0.15, 0.2) is 5.78 Å². The Morgan fingerprint density at radius 1 is 1.14 bits per heavy atom. The molecule has 0 spiro atoms. The summed E-state index contributed by atoms with van der Waals surface area (Å²) in [5.41, 5.74) is 3.56.